The van der Waals surface area contributed by atoms with Crippen molar-refractivity contribution < 1.29 is 0 Å². The molecule has 0 N–H and O–H groups in total. The predicted octanol–water partition coefficient (Wildman–Crippen LogP) is 6.75. The summed E-state index contributed by atoms with van der Waals surface area (Å²) in [6, 6.07) is 25.1. The van der Waals surface area contributed by atoms with Crippen LogP contribution in [0.3, 0.4) is 0 Å². The van der Waals surface area contributed by atoms with Crippen LogP contribution in [-0.4, -0.2) is 9.97 Å². The lowest BCUT2D eigenvalue weighted by Gasteiger charge is -2.11. The lowest BCUT2D eigenvalue weighted by molar-refractivity contribution is 1.23. The molecular weight excluding hydrogens is 360 g/mol. The molecule has 132 valence electrons. The Bertz CT molecular complexity index is 1380. The highest BCUT2D eigenvalue weighted by Gasteiger charge is 2.19. The number of thiophene rings is 1. The van der Waals surface area contributed by atoms with E-state index in [9.17, 15) is 0 Å². The first kappa shape index (κ1) is 15.7. The second-order valence-electron chi connectivity index (χ2n) is 7.01. The van der Waals surface area contributed by atoms with Crippen LogP contribution >= 0.6 is 11.3 Å². The summed E-state index contributed by atoms with van der Waals surface area (Å²) in [6.45, 7) is 0. The number of allylic oxidation sites excluding steroid dienone is 1. The number of benzene rings is 3. The monoisotopic (exact) mass is 376 g/mol. The fourth-order valence-electron chi connectivity index (χ4n) is 4.05. The van der Waals surface area contributed by atoms with E-state index >= 15 is 0 Å². The van der Waals surface area contributed by atoms with Gasteiger partial charge in [0.1, 0.15) is 0 Å². The van der Waals surface area contributed by atoms with Crippen LogP contribution in [-0.2, 0) is 6.42 Å². The number of fused-ring (bicyclic) bond motifs is 4. The van der Waals surface area contributed by atoms with Crippen LogP contribution in [0.1, 0.15) is 10.4 Å². The Hall–Kier alpha value is -3.30. The molecule has 2 nitrogen and oxygen atoms in total. The minimum Gasteiger partial charge on any atom is -0.228 e. The van der Waals surface area contributed by atoms with Gasteiger partial charge in [0.2, 0.25) is 0 Å². The summed E-state index contributed by atoms with van der Waals surface area (Å²) < 4.78 is 1.33. The van der Waals surface area contributed by atoms with Gasteiger partial charge in [0, 0.05) is 31.5 Å². The summed E-state index contributed by atoms with van der Waals surface area (Å²) in [5.41, 5.74) is 5.67. The Kier molecular flexibility index (Phi) is 3.43. The Morgan fingerprint density at radius 1 is 0.786 bits per heavy atom. The first-order valence-electron chi connectivity index (χ1n) is 9.42. The van der Waals surface area contributed by atoms with Gasteiger partial charge in [0.05, 0.1) is 11.2 Å². The molecule has 6 rings (SSSR count). The van der Waals surface area contributed by atoms with Crippen molar-refractivity contribution >= 4 is 38.4 Å². The molecular formula is C25H16N2S. The van der Waals surface area contributed by atoms with E-state index in [1.54, 1.807) is 0 Å². The van der Waals surface area contributed by atoms with Crippen LogP contribution in [0.4, 0.5) is 0 Å². The molecule has 1 aliphatic rings. The average molecular weight is 376 g/mol. The van der Waals surface area contributed by atoms with Crippen LogP contribution in [0.5, 0.6) is 0 Å². The van der Waals surface area contributed by atoms with E-state index in [4.69, 9.17) is 9.97 Å². The van der Waals surface area contributed by atoms with E-state index in [1.807, 2.05) is 35.6 Å². The second kappa shape index (κ2) is 6.11. The van der Waals surface area contributed by atoms with Crippen molar-refractivity contribution in [2.24, 2.45) is 0 Å². The smallest absolute Gasteiger partial charge is 0.160 e. The highest BCUT2D eigenvalue weighted by molar-refractivity contribution is 7.20. The summed E-state index contributed by atoms with van der Waals surface area (Å²) in [5.74, 6) is 0.774. The van der Waals surface area contributed by atoms with Crippen LogP contribution < -0.4 is 0 Å². The van der Waals surface area contributed by atoms with E-state index in [0.29, 0.717) is 0 Å². The van der Waals surface area contributed by atoms with Crippen molar-refractivity contribution in [2.75, 3.05) is 0 Å². The lowest BCUT2D eigenvalue weighted by Crippen LogP contribution is -1.95. The molecule has 0 spiro atoms. The second-order valence-corrected chi connectivity index (χ2v) is 8.09. The van der Waals surface area contributed by atoms with Gasteiger partial charge in [-0.1, -0.05) is 66.7 Å². The van der Waals surface area contributed by atoms with Crippen molar-refractivity contribution in [1.82, 2.24) is 9.97 Å². The lowest BCUT2D eigenvalue weighted by atomic mass is 9.99. The van der Waals surface area contributed by atoms with Gasteiger partial charge in [-0.15, -0.1) is 11.3 Å². The molecule has 0 fully saturated rings. The minimum atomic E-state index is 0.774. The number of hydrogen-bond acceptors (Lipinski definition) is 3. The van der Waals surface area contributed by atoms with Crippen molar-refractivity contribution in [1.29, 1.82) is 0 Å². The number of rotatable bonds is 2. The highest BCUT2D eigenvalue weighted by Crippen LogP contribution is 2.42. The maximum Gasteiger partial charge on any atom is 0.160 e. The minimum absolute atomic E-state index is 0.774. The molecule has 0 amide bonds. The molecule has 5 aromatic rings. The van der Waals surface area contributed by atoms with Crippen LogP contribution in [0.25, 0.3) is 49.7 Å². The zero-order valence-electron chi connectivity index (χ0n) is 15.1. The number of nitrogens with zero attached hydrogens (tertiary/aromatic N) is 2. The van der Waals surface area contributed by atoms with E-state index in [1.165, 1.54) is 26.1 Å². The SMILES string of the molecule is C1=Cc2sc3cccc(-c4nc(-c5ccccc5)nc5ccccc45)c3c2C1. The number of hydrogen-bond donors (Lipinski definition) is 0. The summed E-state index contributed by atoms with van der Waals surface area (Å²) in [4.78, 5) is 11.3. The van der Waals surface area contributed by atoms with E-state index in [0.717, 1.165) is 34.4 Å². The topological polar surface area (TPSA) is 25.8 Å². The molecule has 0 bridgehead atoms. The number of aromatic nitrogens is 2. The Labute approximate surface area is 166 Å². The van der Waals surface area contributed by atoms with Gasteiger partial charge in [-0.05, 0) is 30.2 Å². The van der Waals surface area contributed by atoms with Gasteiger partial charge >= 0.3 is 0 Å². The van der Waals surface area contributed by atoms with Gasteiger partial charge in [-0.2, -0.15) is 0 Å². The van der Waals surface area contributed by atoms with Gasteiger partial charge in [-0.25, -0.2) is 9.97 Å². The van der Waals surface area contributed by atoms with Gasteiger partial charge < -0.3 is 0 Å². The molecule has 1 aliphatic carbocycles. The molecule has 2 heterocycles. The Balaban J connectivity index is 1.70. The molecule has 2 aromatic heterocycles. The van der Waals surface area contributed by atoms with Crippen molar-refractivity contribution in [3.05, 3.63) is 89.3 Å². The highest BCUT2D eigenvalue weighted by atomic mass is 32.1. The van der Waals surface area contributed by atoms with E-state index < -0.39 is 0 Å². The first-order valence-corrected chi connectivity index (χ1v) is 10.2. The third kappa shape index (κ3) is 2.33. The standard InChI is InChI=1S/C25H16N2S/c1-2-8-16(9-3-1)25-26-20-13-5-4-10-17(20)24(27-25)19-12-7-15-22-23(19)18-11-6-14-21(18)28-22/h1-10,12-15H,11H2. The van der Waals surface area contributed by atoms with Gasteiger partial charge in [0.15, 0.2) is 5.82 Å². The van der Waals surface area contributed by atoms with Crippen molar-refractivity contribution in [3.63, 3.8) is 0 Å². The van der Waals surface area contributed by atoms with Gasteiger partial charge in [0.25, 0.3) is 0 Å². The normalized spacial score (nSPS) is 12.7. The maximum absolute atomic E-state index is 5.07. The fraction of sp³-hybridized carbons (Fsp3) is 0.0400. The Morgan fingerprint density at radius 2 is 1.64 bits per heavy atom. The van der Waals surface area contributed by atoms with Crippen LogP contribution in [0.2, 0.25) is 0 Å². The molecule has 3 heteroatoms. The van der Waals surface area contributed by atoms with Crippen LogP contribution in [0.15, 0.2) is 78.9 Å². The zero-order chi connectivity index (χ0) is 18.5. The van der Waals surface area contributed by atoms with Crippen LogP contribution in [0, 0.1) is 0 Å². The van der Waals surface area contributed by atoms with Crippen molar-refractivity contribution in [3.8, 4) is 22.6 Å². The maximum atomic E-state index is 5.07. The summed E-state index contributed by atoms with van der Waals surface area (Å²) in [6.07, 6.45) is 5.50. The molecule has 0 unspecified atom stereocenters. The summed E-state index contributed by atoms with van der Waals surface area (Å²) in [7, 11) is 0. The molecule has 0 atom stereocenters. The Morgan fingerprint density at radius 3 is 2.57 bits per heavy atom. The summed E-state index contributed by atoms with van der Waals surface area (Å²) in [5, 5.41) is 2.44. The molecule has 28 heavy (non-hydrogen) atoms. The molecule has 0 radical (unpaired) electrons. The van der Waals surface area contributed by atoms with Crippen molar-refractivity contribution in [2.45, 2.75) is 6.42 Å². The van der Waals surface area contributed by atoms with Gasteiger partial charge in [-0.3, -0.25) is 0 Å². The average Bonchev–Trinajstić information content (AvgIpc) is 3.34. The summed E-state index contributed by atoms with van der Waals surface area (Å²) >= 11 is 1.87. The third-order valence-corrected chi connectivity index (χ3v) is 6.49. The third-order valence-electron chi connectivity index (χ3n) is 5.33. The molecule has 0 aliphatic heterocycles. The largest absolute Gasteiger partial charge is 0.228 e. The number of para-hydroxylation sites is 1. The fourth-order valence-corrected chi connectivity index (χ4v) is 5.24. The van der Waals surface area contributed by atoms with E-state index in [-0.39, 0.29) is 0 Å². The first-order chi connectivity index (χ1) is 13.9. The molecule has 0 saturated heterocycles. The van der Waals surface area contributed by atoms with E-state index in [2.05, 4.69) is 60.7 Å². The predicted molar refractivity (Wildman–Crippen MR) is 119 cm³/mol. The molecule has 3 aromatic carbocycles. The molecule has 0 saturated carbocycles. The quantitative estimate of drug-likeness (QED) is 0.341. The zero-order valence-corrected chi connectivity index (χ0v) is 15.9.